The highest BCUT2D eigenvalue weighted by molar-refractivity contribution is 6.30. The van der Waals surface area contributed by atoms with Crippen molar-refractivity contribution in [3.63, 3.8) is 0 Å². The number of hydrogen-bond donors (Lipinski definition) is 2. The van der Waals surface area contributed by atoms with Crippen LogP contribution in [0, 0.1) is 0 Å². The second-order valence-electron chi connectivity index (χ2n) is 5.72. The van der Waals surface area contributed by atoms with E-state index >= 15 is 0 Å². The van der Waals surface area contributed by atoms with Gasteiger partial charge in [-0.2, -0.15) is 0 Å². The number of anilines is 1. The van der Waals surface area contributed by atoms with Crippen molar-refractivity contribution in [1.29, 1.82) is 0 Å². The van der Waals surface area contributed by atoms with Crippen molar-refractivity contribution in [3.8, 4) is 0 Å². The number of nitrogens with one attached hydrogen (secondary N) is 2. The molecular weight excluding hydrogens is 350 g/mol. The third-order valence-corrected chi connectivity index (χ3v) is 4.08. The molecule has 1 fully saturated rings. The van der Waals surface area contributed by atoms with Gasteiger partial charge in [-0.1, -0.05) is 18.5 Å². The summed E-state index contributed by atoms with van der Waals surface area (Å²) in [5, 5.41) is 5.58. The van der Waals surface area contributed by atoms with Gasteiger partial charge < -0.3 is 15.4 Å². The van der Waals surface area contributed by atoms with E-state index in [4.69, 9.17) is 16.3 Å². The summed E-state index contributed by atoms with van der Waals surface area (Å²) in [5.41, 5.74) is -0.526. The van der Waals surface area contributed by atoms with Gasteiger partial charge in [0.15, 0.2) is 6.61 Å². The molecular formula is C16H18ClN3O5. The van der Waals surface area contributed by atoms with E-state index in [9.17, 15) is 19.2 Å². The standard InChI is InChI=1S/C16H18ClN3O5/c1-3-16(2)14(23)20(15(24)19-16)8-13(22)25-9-12(21)18-11-6-4-10(17)5-7-11/h4-7H,3,8-9H2,1-2H3,(H,18,21)(H,19,24). The van der Waals surface area contributed by atoms with Gasteiger partial charge in [-0.15, -0.1) is 0 Å². The number of benzene rings is 1. The molecule has 2 N–H and O–H groups in total. The molecule has 1 aliphatic rings. The maximum Gasteiger partial charge on any atom is 0.326 e. The molecule has 0 saturated carbocycles. The first kappa shape index (κ1) is 18.7. The maximum absolute atomic E-state index is 12.2. The predicted molar refractivity (Wildman–Crippen MR) is 90.0 cm³/mol. The summed E-state index contributed by atoms with van der Waals surface area (Å²) in [4.78, 5) is 48.3. The van der Waals surface area contributed by atoms with E-state index in [-0.39, 0.29) is 0 Å². The summed E-state index contributed by atoms with van der Waals surface area (Å²) >= 11 is 5.74. The Labute approximate surface area is 149 Å². The molecule has 1 heterocycles. The van der Waals surface area contributed by atoms with Gasteiger partial charge in [0.05, 0.1) is 0 Å². The first-order valence-corrected chi connectivity index (χ1v) is 7.98. The van der Waals surface area contributed by atoms with Crippen LogP contribution in [0.25, 0.3) is 0 Å². The molecule has 1 unspecified atom stereocenters. The normalized spacial score (nSPS) is 19.6. The Morgan fingerprint density at radius 1 is 1.28 bits per heavy atom. The summed E-state index contributed by atoms with van der Waals surface area (Å²) in [7, 11) is 0. The molecule has 9 heteroatoms. The number of carbonyl (C=O) groups excluding carboxylic acids is 4. The first-order valence-electron chi connectivity index (χ1n) is 7.60. The lowest BCUT2D eigenvalue weighted by atomic mass is 9.99. The fraction of sp³-hybridized carbons (Fsp3) is 0.375. The van der Waals surface area contributed by atoms with Crippen molar-refractivity contribution >= 4 is 41.1 Å². The Hall–Kier alpha value is -2.61. The summed E-state index contributed by atoms with van der Waals surface area (Å²) in [6.07, 6.45) is 0.395. The fourth-order valence-corrected chi connectivity index (χ4v) is 2.31. The predicted octanol–water partition coefficient (Wildman–Crippen LogP) is 1.54. The van der Waals surface area contributed by atoms with Crippen LogP contribution in [-0.2, 0) is 19.1 Å². The lowest BCUT2D eigenvalue weighted by Crippen LogP contribution is -2.43. The molecule has 1 aromatic rings. The van der Waals surface area contributed by atoms with Crippen LogP contribution in [0.3, 0.4) is 0 Å². The SMILES string of the molecule is CCC1(C)NC(=O)N(CC(=O)OCC(=O)Nc2ccc(Cl)cc2)C1=O. The fourth-order valence-electron chi connectivity index (χ4n) is 2.18. The second kappa shape index (κ2) is 7.52. The highest BCUT2D eigenvalue weighted by atomic mass is 35.5. The molecule has 1 aliphatic heterocycles. The maximum atomic E-state index is 12.2. The third kappa shape index (κ3) is 4.48. The molecule has 0 aliphatic carbocycles. The number of rotatable bonds is 6. The van der Waals surface area contributed by atoms with E-state index in [1.54, 1.807) is 38.1 Å². The number of carbonyl (C=O) groups is 4. The zero-order chi connectivity index (χ0) is 18.6. The molecule has 4 amide bonds. The average molecular weight is 368 g/mol. The monoisotopic (exact) mass is 367 g/mol. The number of halogens is 1. The van der Waals surface area contributed by atoms with Crippen LogP contribution < -0.4 is 10.6 Å². The summed E-state index contributed by atoms with van der Waals surface area (Å²) < 4.78 is 4.81. The number of esters is 1. The molecule has 25 heavy (non-hydrogen) atoms. The molecule has 1 atom stereocenters. The highest BCUT2D eigenvalue weighted by Crippen LogP contribution is 2.20. The van der Waals surface area contributed by atoms with Crippen LogP contribution in [0.2, 0.25) is 5.02 Å². The van der Waals surface area contributed by atoms with Crippen molar-refractivity contribution < 1.29 is 23.9 Å². The van der Waals surface area contributed by atoms with Gasteiger partial charge in [0.25, 0.3) is 11.8 Å². The minimum absolute atomic E-state index is 0.395. The van der Waals surface area contributed by atoms with Crippen LogP contribution in [-0.4, -0.2) is 47.4 Å². The smallest absolute Gasteiger partial charge is 0.326 e. The topological polar surface area (TPSA) is 105 Å². The van der Waals surface area contributed by atoms with Crippen LogP contribution in [0.15, 0.2) is 24.3 Å². The van der Waals surface area contributed by atoms with Gasteiger partial charge in [0, 0.05) is 10.7 Å². The number of amides is 4. The second-order valence-corrected chi connectivity index (χ2v) is 6.16. The van der Waals surface area contributed by atoms with E-state index in [0.717, 1.165) is 4.90 Å². The molecule has 0 spiro atoms. The Bertz CT molecular complexity index is 706. The zero-order valence-electron chi connectivity index (χ0n) is 13.8. The lowest BCUT2D eigenvalue weighted by molar-refractivity contribution is -0.150. The number of ether oxygens (including phenoxy) is 1. The van der Waals surface area contributed by atoms with Gasteiger partial charge >= 0.3 is 12.0 Å². The molecule has 0 bridgehead atoms. The van der Waals surface area contributed by atoms with Crippen molar-refractivity contribution in [3.05, 3.63) is 29.3 Å². The van der Waals surface area contributed by atoms with E-state index < -0.39 is 42.5 Å². The van der Waals surface area contributed by atoms with Crippen LogP contribution in [0.4, 0.5) is 10.5 Å². The van der Waals surface area contributed by atoms with Gasteiger partial charge in [-0.05, 0) is 37.6 Å². The van der Waals surface area contributed by atoms with E-state index in [1.807, 2.05) is 0 Å². The van der Waals surface area contributed by atoms with Gasteiger partial charge in [-0.3, -0.25) is 19.3 Å². The minimum Gasteiger partial charge on any atom is -0.454 e. The zero-order valence-corrected chi connectivity index (χ0v) is 14.6. The quantitative estimate of drug-likeness (QED) is 0.586. The van der Waals surface area contributed by atoms with Crippen LogP contribution in [0.5, 0.6) is 0 Å². The summed E-state index contributed by atoms with van der Waals surface area (Å²) in [6, 6.07) is 5.75. The van der Waals surface area contributed by atoms with E-state index in [1.165, 1.54) is 0 Å². The Morgan fingerprint density at radius 2 is 1.92 bits per heavy atom. The Balaban J connectivity index is 1.82. The van der Waals surface area contributed by atoms with Crippen molar-refractivity contribution in [1.82, 2.24) is 10.2 Å². The van der Waals surface area contributed by atoms with Crippen LogP contribution in [0.1, 0.15) is 20.3 Å². The first-order chi connectivity index (χ1) is 11.7. The highest BCUT2D eigenvalue weighted by Gasteiger charge is 2.47. The number of nitrogens with zero attached hydrogens (tertiary/aromatic N) is 1. The molecule has 0 radical (unpaired) electrons. The summed E-state index contributed by atoms with van der Waals surface area (Å²) in [6.45, 7) is 2.25. The number of hydrogen-bond acceptors (Lipinski definition) is 5. The minimum atomic E-state index is -1.02. The molecule has 8 nitrogen and oxygen atoms in total. The van der Waals surface area contributed by atoms with E-state index in [2.05, 4.69) is 10.6 Å². The molecule has 1 aromatic carbocycles. The van der Waals surface area contributed by atoms with Gasteiger partial charge in [0.1, 0.15) is 12.1 Å². The van der Waals surface area contributed by atoms with Crippen LogP contribution >= 0.6 is 11.6 Å². The van der Waals surface area contributed by atoms with Crippen molar-refractivity contribution in [2.24, 2.45) is 0 Å². The largest absolute Gasteiger partial charge is 0.454 e. The lowest BCUT2D eigenvalue weighted by Gasteiger charge is -2.18. The number of imide groups is 1. The van der Waals surface area contributed by atoms with Gasteiger partial charge in [0.2, 0.25) is 0 Å². The molecule has 134 valence electrons. The Kier molecular flexibility index (Phi) is 5.63. The van der Waals surface area contributed by atoms with E-state index in [0.29, 0.717) is 17.1 Å². The third-order valence-electron chi connectivity index (χ3n) is 3.83. The molecule has 0 aromatic heterocycles. The van der Waals surface area contributed by atoms with Crippen molar-refractivity contribution in [2.75, 3.05) is 18.5 Å². The molecule has 2 rings (SSSR count). The Morgan fingerprint density at radius 3 is 2.48 bits per heavy atom. The summed E-state index contributed by atoms with van der Waals surface area (Å²) in [5.74, 6) is -1.90. The average Bonchev–Trinajstić information content (AvgIpc) is 2.79. The van der Waals surface area contributed by atoms with Crippen molar-refractivity contribution in [2.45, 2.75) is 25.8 Å². The molecule has 1 saturated heterocycles. The van der Waals surface area contributed by atoms with Gasteiger partial charge in [-0.25, -0.2) is 4.79 Å². The number of urea groups is 1.